The number of hydrogen-bond donors (Lipinski definition) is 0. The Bertz CT molecular complexity index is 304. The Labute approximate surface area is 128 Å². The molecule has 118 valence electrons. The first-order valence-corrected chi connectivity index (χ1v) is 8.94. The van der Waals surface area contributed by atoms with Gasteiger partial charge in [0, 0.05) is 0 Å². The fraction of sp³-hybridized carbons (Fsp3) is 0.900. The Hall–Kier alpha value is -0.260. The first kappa shape index (κ1) is 17.8. The van der Waals surface area contributed by atoms with Crippen LogP contribution in [0, 0.1) is 29.1 Å². The summed E-state index contributed by atoms with van der Waals surface area (Å²) in [6, 6.07) is 0. The predicted octanol–water partition coefficient (Wildman–Crippen LogP) is 6.86. The molecule has 1 fully saturated rings. The summed E-state index contributed by atoms with van der Waals surface area (Å²) < 4.78 is 0. The lowest BCUT2D eigenvalue weighted by Gasteiger charge is -2.40. The molecular formula is C20H38. The topological polar surface area (TPSA) is 0 Å². The quantitative estimate of drug-likeness (QED) is 0.446. The molecule has 0 aromatic carbocycles. The van der Waals surface area contributed by atoms with Gasteiger partial charge in [0.2, 0.25) is 0 Å². The molecule has 0 aliphatic heterocycles. The zero-order chi connectivity index (χ0) is 15.3. The molecule has 1 aliphatic rings. The van der Waals surface area contributed by atoms with Crippen molar-refractivity contribution in [3.8, 4) is 0 Å². The lowest BCUT2D eigenvalue weighted by molar-refractivity contribution is 0.213. The van der Waals surface area contributed by atoms with E-state index in [0.29, 0.717) is 5.41 Å². The van der Waals surface area contributed by atoms with E-state index in [4.69, 9.17) is 0 Å². The fourth-order valence-electron chi connectivity index (χ4n) is 3.50. The lowest BCUT2D eigenvalue weighted by Crippen LogP contribution is -2.29. The van der Waals surface area contributed by atoms with E-state index in [1.54, 1.807) is 5.57 Å². The molecule has 0 nitrogen and oxygen atoms in total. The Balaban J connectivity index is 2.28. The van der Waals surface area contributed by atoms with Gasteiger partial charge >= 0.3 is 0 Å². The summed E-state index contributed by atoms with van der Waals surface area (Å²) >= 11 is 0. The second-order valence-corrected chi connectivity index (χ2v) is 8.37. The molecule has 1 saturated carbocycles. The van der Waals surface area contributed by atoms with Crippen LogP contribution in [0.2, 0.25) is 0 Å². The molecule has 0 heteroatoms. The molecule has 4 unspecified atom stereocenters. The summed E-state index contributed by atoms with van der Waals surface area (Å²) in [5.41, 5.74) is 2.21. The summed E-state index contributed by atoms with van der Waals surface area (Å²) in [7, 11) is 0. The maximum absolute atomic E-state index is 2.46. The largest absolute Gasteiger partial charge is 0.0882 e. The van der Waals surface area contributed by atoms with Crippen LogP contribution >= 0.6 is 0 Å². The van der Waals surface area contributed by atoms with Gasteiger partial charge in [-0.1, -0.05) is 72.5 Å². The number of allylic oxidation sites excluding steroid dienone is 2. The van der Waals surface area contributed by atoms with E-state index in [1.165, 1.54) is 38.5 Å². The monoisotopic (exact) mass is 278 g/mol. The average Bonchev–Trinajstić information content (AvgIpc) is 2.34. The number of rotatable bonds is 7. The highest BCUT2D eigenvalue weighted by molar-refractivity contribution is 5.17. The van der Waals surface area contributed by atoms with Crippen molar-refractivity contribution >= 4 is 0 Å². The van der Waals surface area contributed by atoms with Crippen LogP contribution < -0.4 is 0 Å². The minimum Gasteiger partial charge on any atom is -0.0882 e. The first-order valence-electron chi connectivity index (χ1n) is 8.94. The van der Waals surface area contributed by atoms with Crippen molar-refractivity contribution in [3.63, 3.8) is 0 Å². The average molecular weight is 279 g/mol. The van der Waals surface area contributed by atoms with Gasteiger partial charge in [0.1, 0.15) is 0 Å². The normalized spacial score (nSPS) is 28.2. The summed E-state index contributed by atoms with van der Waals surface area (Å²) in [4.78, 5) is 0. The van der Waals surface area contributed by atoms with Crippen molar-refractivity contribution < 1.29 is 0 Å². The smallest absolute Gasteiger partial charge is 0.0172 e. The molecule has 0 spiro atoms. The maximum atomic E-state index is 2.46. The van der Waals surface area contributed by atoms with Crippen molar-refractivity contribution in [1.29, 1.82) is 0 Å². The second kappa shape index (κ2) is 7.66. The molecule has 0 radical (unpaired) electrons. The molecular weight excluding hydrogens is 240 g/mol. The van der Waals surface area contributed by atoms with E-state index in [-0.39, 0.29) is 0 Å². The Morgan fingerprint density at radius 1 is 1.15 bits per heavy atom. The molecule has 0 N–H and O–H groups in total. The summed E-state index contributed by atoms with van der Waals surface area (Å²) in [5.74, 6) is 3.65. The highest BCUT2D eigenvalue weighted by Crippen LogP contribution is 2.45. The van der Waals surface area contributed by atoms with Gasteiger partial charge in [-0.2, -0.15) is 0 Å². The maximum Gasteiger partial charge on any atom is -0.0172 e. The predicted molar refractivity (Wildman–Crippen MR) is 91.9 cm³/mol. The van der Waals surface area contributed by atoms with Gasteiger partial charge in [-0.3, -0.25) is 0 Å². The summed E-state index contributed by atoms with van der Waals surface area (Å²) in [5, 5.41) is 0. The zero-order valence-electron chi connectivity index (χ0n) is 15.1. The first-order chi connectivity index (χ1) is 9.29. The molecule has 0 saturated heterocycles. The Morgan fingerprint density at radius 3 is 2.30 bits per heavy atom. The van der Waals surface area contributed by atoms with Gasteiger partial charge in [0.25, 0.3) is 0 Å². The van der Waals surface area contributed by atoms with Crippen molar-refractivity contribution in [3.05, 3.63) is 11.6 Å². The van der Waals surface area contributed by atoms with Crippen LogP contribution in [-0.2, 0) is 0 Å². The van der Waals surface area contributed by atoms with Crippen molar-refractivity contribution in [2.45, 2.75) is 87.0 Å². The van der Waals surface area contributed by atoms with Gasteiger partial charge in [-0.05, 0) is 55.3 Å². The van der Waals surface area contributed by atoms with Crippen molar-refractivity contribution in [2.24, 2.45) is 29.1 Å². The van der Waals surface area contributed by atoms with Crippen LogP contribution in [0.1, 0.15) is 87.0 Å². The minimum atomic E-state index is 0.471. The van der Waals surface area contributed by atoms with E-state index in [0.717, 1.165) is 23.7 Å². The Morgan fingerprint density at radius 2 is 1.80 bits per heavy atom. The van der Waals surface area contributed by atoms with Crippen LogP contribution in [0.25, 0.3) is 0 Å². The molecule has 0 aromatic rings. The molecule has 0 amide bonds. The number of hydrogen-bond acceptors (Lipinski definition) is 0. The van der Waals surface area contributed by atoms with Gasteiger partial charge < -0.3 is 0 Å². The molecule has 20 heavy (non-hydrogen) atoms. The van der Waals surface area contributed by atoms with Crippen LogP contribution in [0.5, 0.6) is 0 Å². The molecule has 0 bridgehead atoms. The van der Waals surface area contributed by atoms with E-state index in [1.807, 2.05) is 0 Å². The van der Waals surface area contributed by atoms with Crippen LogP contribution in [0.3, 0.4) is 0 Å². The van der Waals surface area contributed by atoms with E-state index in [2.05, 4.69) is 54.5 Å². The fourth-order valence-corrected chi connectivity index (χ4v) is 3.50. The Kier molecular flexibility index (Phi) is 6.82. The molecule has 4 atom stereocenters. The van der Waals surface area contributed by atoms with E-state index >= 15 is 0 Å². The molecule has 0 aromatic heterocycles. The van der Waals surface area contributed by atoms with Crippen molar-refractivity contribution in [1.82, 2.24) is 0 Å². The third-order valence-electron chi connectivity index (χ3n) is 5.98. The summed E-state index contributed by atoms with van der Waals surface area (Å²) in [6.07, 6.45) is 10.8. The van der Waals surface area contributed by atoms with E-state index < -0.39 is 0 Å². The van der Waals surface area contributed by atoms with Crippen LogP contribution in [0.15, 0.2) is 11.6 Å². The van der Waals surface area contributed by atoms with Gasteiger partial charge in [-0.15, -0.1) is 0 Å². The third-order valence-corrected chi connectivity index (χ3v) is 5.98. The standard InChI is InChI=1S/C20H38/c1-8-17-14-18(9-2)19(17)13-11-15(3)10-12-16(4)20(5,6)7/h8,15-16,18-19H,9-14H2,1-7H3. The molecule has 1 rings (SSSR count). The highest BCUT2D eigenvalue weighted by atomic mass is 14.4. The lowest BCUT2D eigenvalue weighted by atomic mass is 9.65. The molecule has 1 aliphatic carbocycles. The molecule has 0 heterocycles. The zero-order valence-corrected chi connectivity index (χ0v) is 15.1. The summed E-state index contributed by atoms with van der Waals surface area (Å²) in [6.45, 7) is 16.6. The van der Waals surface area contributed by atoms with Crippen LogP contribution in [-0.4, -0.2) is 0 Å². The SMILES string of the molecule is CC=C1CC(CC)C1CCC(C)CCC(C)C(C)(C)C. The van der Waals surface area contributed by atoms with E-state index in [9.17, 15) is 0 Å². The van der Waals surface area contributed by atoms with Crippen LogP contribution in [0.4, 0.5) is 0 Å². The van der Waals surface area contributed by atoms with Crippen molar-refractivity contribution in [2.75, 3.05) is 0 Å². The van der Waals surface area contributed by atoms with Gasteiger partial charge in [-0.25, -0.2) is 0 Å². The second-order valence-electron chi connectivity index (χ2n) is 8.37. The highest BCUT2D eigenvalue weighted by Gasteiger charge is 2.33. The minimum absolute atomic E-state index is 0.471. The third kappa shape index (κ3) is 4.93. The van der Waals surface area contributed by atoms with Gasteiger partial charge in [0.15, 0.2) is 0 Å². The van der Waals surface area contributed by atoms with Gasteiger partial charge in [0.05, 0.1) is 0 Å².